The fourth-order valence-electron chi connectivity index (χ4n) is 1.55. The van der Waals surface area contributed by atoms with Crippen LogP contribution in [0.1, 0.15) is 5.56 Å². The van der Waals surface area contributed by atoms with Gasteiger partial charge in [-0.05, 0) is 35.0 Å². The lowest BCUT2D eigenvalue weighted by Gasteiger charge is -2.16. The second kappa shape index (κ2) is 5.96. The van der Waals surface area contributed by atoms with Gasteiger partial charge < -0.3 is 19.9 Å². The molecule has 0 aliphatic carbocycles. The fraction of sp³-hybridized carbons (Fsp3) is 0.455. The number of hydrogen-bond acceptors (Lipinski definition) is 4. The molecule has 0 saturated carbocycles. The summed E-state index contributed by atoms with van der Waals surface area (Å²) >= 11 is 3.44. The van der Waals surface area contributed by atoms with Gasteiger partial charge in [-0.15, -0.1) is 0 Å². The van der Waals surface area contributed by atoms with Gasteiger partial charge in [-0.3, -0.25) is 0 Å². The largest absolute Gasteiger partial charge is 0.495 e. The van der Waals surface area contributed by atoms with E-state index >= 15 is 0 Å². The highest BCUT2D eigenvalue weighted by Gasteiger charge is 2.17. The molecule has 0 atom stereocenters. The van der Waals surface area contributed by atoms with Gasteiger partial charge in [-0.2, -0.15) is 0 Å². The molecule has 0 aliphatic rings. The Labute approximate surface area is 104 Å². The van der Waals surface area contributed by atoms with Gasteiger partial charge in [0.2, 0.25) is 0 Å². The Morgan fingerprint density at radius 1 is 1.12 bits per heavy atom. The lowest BCUT2D eigenvalue weighted by Crippen LogP contribution is -2.06. The number of ether oxygens (including phenoxy) is 3. The quantitative estimate of drug-likeness (QED) is 0.901. The highest BCUT2D eigenvalue weighted by Crippen LogP contribution is 2.44. The summed E-state index contributed by atoms with van der Waals surface area (Å²) in [5.41, 5.74) is 6.55. The number of nitrogens with two attached hydrogens (primary N) is 1. The van der Waals surface area contributed by atoms with Gasteiger partial charge in [-0.25, -0.2) is 0 Å². The first-order valence-corrected chi connectivity index (χ1v) is 5.66. The number of rotatable bonds is 5. The average Bonchev–Trinajstić information content (AvgIpc) is 2.29. The monoisotopic (exact) mass is 289 g/mol. The van der Waals surface area contributed by atoms with E-state index in [-0.39, 0.29) is 0 Å². The topological polar surface area (TPSA) is 53.7 Å². The first-order chi connectivity index (χ1) is 7.69. The molecule has 2 N–H and O–H groups in total. The molecular formula is C11H16BrNO3. The number of hydrogen-bond donors (Lipinski definition) is 1. The molecule has 0 bridgehead atoms. The van der Waals surface area contributed by atoms with Crippen LogP contribution in [0, 0.1) is 0 Å². The van der Waals surface area contributed by atoms with Crippen LogP contribution in [0.3, 0.4) is 0 Å². The van der Waals surface area contributed by atoms with Gasteiger partial charge in [0.1, 0.15) is 10.2 Å². The molecule has 0 spiro atoms. The third kappa shape index (κ3) is 2.41. The van der Waals surface area contributed by atoms with E-state index in [1.807, 2.05) is 6.07 Å². The van der Waals surface area contributed by atoms with Gasteiger partial charge in [0, 0.05) is 5.56 Å². The van der Waals surface area contributed by atoms with Crippen LogP contribution in [0.5, 0.6) is 17.2 Å². The lowest BCUT2D eigenvalue weighted by atomic mass is 10.1. The van der Waals surface area contributed by atoms with Crippen LogP contribution in [-0.2, 0) is 6.42 Å². The van der Waals surface area contributed by atoms with Crippen LogP contribution in [0.4, 0.5) is 0 Å². The molecule has 90 valence electrons. The van der Waals surface area contributed by atoms with E-state index in [0.29, 0.717) is 18.0 Å². The summed E-state index contributed by atoms with van der Waals surface area (Å²) < 4.78 is 16.6. The second-order valence-electron chi connectivity index (χ2n) is 3.16. The third-order valence-corrected chi connectivity index (χ3v) is 2.98. The minimum absolute atomic E-state index is 0.554. The summed E-state index contributed by atoms with van der Waals surface area (Å²) in [7, 11) is 4.81. The summed E-state index contributed by atoms with van der Waals surface area (Å²) in [6.07, 6.45) is 0.724. The second-order valence-corrected chi connectivity index (χ2v) is 3.95. The molecule has 5 heteroatoms. The van der Waals surface area contributed by atoms with Crippen molar-refractivity contribution in [1.82, 2.24) is 0 Å². The maximum Gasteiger partial charge on any atom is 0.178 e. The zero-order valence-electron chi connectivity index (χ0n) is 9.67. The molecule has 0 amide bonds. The predicted molar refractivity (Wildman–Crippen MR) is 66.6 cm³/mol. The summed E-state index contributed by atoms with van der Waals surface area (Å²) in [4.78, 5) is 0. The molecule has 1 aromatic rings. The van der Waals surface area contributed by atoms with Crippen molar-refractivity contribution in [2.24, 2.45) is 5.73 Å². The van der Waals surface area contributed by atoms with Crippen LogP contribution in [0.2, 0.25) is 0 Å². The van der Waals surface area contributed by atoms with Crippen LogP contribution in [-0.4, -0.2) is 27.9 Å². The van der Waals surface area contributed by atoms with Crippen LogP contribution in [0.25, 0.3) is 0 Å². The Bertz CT molecular complexity index is 369. The highest BCUT2D eigenvalue weighted by atomic mass is 79.9. The molecule has 4 nitrogen and oxygen atoms in total. The Kier molecular flexibility index (Phi) is 4.89. The predicted octanol–water partition coefficient (Wildman–Crippen LogP) is 1.98. The Morgan fingerprint density at radius 3 is 2.19 bits per heavy atom. The van der Waals surface area contributed by atoms with Crippen molar-refractivity contribution in [3.05, 3.63) is 16.1 Å². The third-order valence-electron chi connectivity index (χ3n) is 2.26. The lowest BCUT2D eigenvalue weighted by molar-refractivity contribution is 0.344. The van der Waals surface area contributed by atoms with E-state index in [0.717, 1.165) is 22.2 Å². The van der Waals surface area contributed by atoms with Gasteiger partial charge >= 0.3 is 0 Å². The first-order valence-electron chi connectivity index (χ1n) is 4.87. The number of benzene rings is 1. The number of halogens is 1. The Balaban J connectivity index is 3.35. The molecule has 0 unspecified atom stereocenters. The zero-order valence-corrected chi connectivity index (χ0v) is 11.3. The minimum atomic E-state index is 0.554. The minimum Gasteiger partial charge on any atom is -0.495 e. The zero-order chi connectivity index (χ0) is 12.1. The van der Waals surface area contributed by atoms with E-state index < -0.39 is 0 Å². The molecule has 1 aromatic carbocycles. The van der Waals surface area contributed by atoms with Gasteiger partial charge in [0.05, 0.1) is 21.3 Å². The Hall–Kier alpha value is -0.940. The van der Waals surface area contributed by atoms with Crippen molar-refractivity contribution in [3.8, 4) is 17.2 Å². The first kappa shape index (κ1) is 13.1. The SMILES string of the molecule is COc1cc(CCN)c(OC)c(Br)c1OC. The Morgan fingerprint density at radius 2 is 1.75 bits per heavy atom. The molecular weight excluding hydrogens is 274 g/mol. The molecule has 0 fully saturated rings. The smallest absolute Gasteiger partial charge is 0.178 e. The van der Waals surface area contributed by atoms with Gasteiger partial charge in [0.25, 0.3) is 0 Å². The van der Waals surface area contributed by atoms with Crippen molar-refractivity contribution >= 4 is 15.9 Å². The van der Waals surface area contributed by atoms with Gasteiger partial charge in [0.15, 0.2) is 11.5 Å². The standard InChI is InChI=1S/C11H16BrNO3/c1-14-8-6-7(4-5-13)10(15-2)9(12)11(8)16-3/h6H,4-5,13H2,1-3H3. The van der Waals surface area contributed by atoms with E-state index in [4.69, 9.17) is 19.9 Å². The summed E-state index contributed by atoms with van der Waals surface area (Å²) in [6.45, 7) is 0.554. The summed E-state index contributed by atoms with van der Waals surface area (Å²) in [5, 5.41) is 0. The molecule has 0 heterocycles. The average molecular weight is 290 g/mol. The number of methoxy groups -OCH3 is 3. The normalized spacial score (nSPS) is 10.1. The van der Waals surface area contributed by atoms with E-state index in [2.05, 4.69) is 15.9 Å². The van der Waals surface area contributed by atoms with E-state index in [1.54, 1.807) is 21.3 Å². The van der Waals surface area contributed by atoms with Crippen LogP contribution < -0.4 is 19.9 Å². The van der Waals surface area contributed by atoms with Crippen molar-refractivity contribution < 1.29 is 14.2 Å². The molecule has 0 radical (unpaired) electrons. The molecule has 0 aromatic heterocycles. The van der Waals surface area contributed by atoms with Crippen molar-refractivity contribution in [1.29, 1.82) is 0 Å². The van der Waals surface area contributed by atoms with Crippen LogP contribution >= 0.6 is 15.9 Å². The molecule has 0 saturated heterocycles. The van der Waals surface area contributed by atoms with Gasteiger partial charge in [-0.1, -0.05) is 0 Å². The maximum atomic E-state index is 5.55. The molecule has 16 heavy (non-hydrogen) atoms. The molecule has 0 aliphatic heterocycles. The summed E-state index contributed by atoms with van der Waals surface area (Å²) in [5.74, 6) is 2.03. The fourth-order valence-corrected chi connectivity index (χ4v) is 2.32. The van der Waals surface area contributed by atoms with Crippen LogP contribution in [0.15, 0.2) is 10.5 Å². The van der Waals surface area contributed by atoms with Crippen molar-refractivity contribution in [2.75, 3.05) is 27.9 Å². The van der Waals surface area contributed by atoms with E-state index in [1.165, 1.54) is 0 Å². The van der Waals surface area contributed by atoms with Crippen molar-refractivity contribution in [2.45, 2.75) is 6.42 Å². The highest BCUT2D eigenvalue weighted by molar-refractivity contribution is 9.10. The van der Waals surface area contributed by atoms with E-state index in [9.17, 15) is 0 Å². The summed E-state index contributed by atoms with van der Waals surface area (Å²) in [6, 6.07) is 1.88. The molecule has 1 rings (SSSR count). The maximum absolute atomic E-state index is 5.55. The van der Waals surface area contributed by atoms with Crippen molar-refractivity contribution in [3.63, 3.8) is 0 Å².